The highest BCUT2D eigenvalue weighted by Crippen LogP contribution is 2.30. The molecule has 4 unspecified atom stereocenters. The lowest BCUT2D eigenvalue weighted by Crippen LogP contribution is -2.79. The zero-order chi connectivity index (χ0) is 20.9. The molecule has 5 nitrogen and oxygen atoms in total. The third-order valence-electron chi connectivity index (χ3n) is 6.45. The van der Waals surface area contributed by atoms with Crippen LogP contribution >= 0.6 is 0 Å². The van der Waals surface area contributed by atoms with Gasteiger partial charge < -0.3 is 5.73 Å². The molecule has 29 heavy (non-hydrogen) atoms. The highest BCUT2D eigenvalue weighted by molar-refractivity contribution is 5.14. The normalized spacial score (nSPS) is 28.4. The second kappa shape index (κ2) is 10.3. The number of hydrogen-bond acceptors (Lipinski definition) is 5. The van der Waals surface area contributed by atoms with Crippen molar-refractivity contribution < 1.29 is 4.39 Å². The van der Waals surface area contributed by atoms with Crippen LogP contribution in [-0.4, -0.2) is 41.4 Å². The number of benzene rings is 1. The molecule has 0 aromatic heterocycles. The summed E-state index contributed by atoms with van der Waals surface area (Å²) in [5, 5.41) is 10.6. The quantitative estimate of drug-likeness (QED) is 0.534. The maximum Gasteiger partial charge on any atom is 0.134 e. The van der Waals surface area contributed by atoms with E-state index >= 15 is 4.39 Å². The summed E-state index contributed by atoms with van der Waals surface area (Å²) in [4.78, 5) is 2.14. The predicted molar refractivity (Wildman–Crippen MR) is 118 cm³/mol. The van der Waals surface area contributed by atoms with Gasteiger partial charge in [-0.05, 0) is 51.5 Å². The molecule has 2 fully saturated rings. The number of rotatable bonds is 8. The van der Waals surface area contributed by atoms with Crippen molar-refractivity contribution in [2.24, 2.45) is 5.73 Å². The Morgan fingerprint density at radius 2 is 1.86 bits per heavy atom. The smallest absolute Gasteiger partial charge is 0.134 e. The molecule has 1 saturated carbocycles. The molecule has 2 aliphatic rings. The minimum atomic E-state index is -1.39. The lowest BCUT2D eigenvalue weighted by molar-refractivity contribution is -0.0879. The van der Waals surface area contributed by atoms with E-state index in [1.165, 1.54) is 24.8 Å². The molecule has 164 valence electrons. The molecule has 0 bridgehead atoms. The van der Waals surface area contributed by atoms with Gasteiger partial charge in [0.05, 0.1) is 6.17 Å². The number of alkyl halides is 1. The van der Waals surface area contributed by atoms with Gasteiger partial charge in [-0.3, -0.25) is 20.9 Å². The van der Waals surface area contributed by atoms with E-state index in [1.54, 1.807) is 13.8 Å². The fourth-order valence-electron chi connectivity index (χ4n) is 4.80. The minimum Gasteiger partial charge on any atom is -0.303 e. The van der Waals surface area contributed by atoms with Crippen LogP contribution < -0.4 is 21.7 Å². The maximum atomic E-state index is 15.2. The number of halogens is 1. The molecule has 1 aromatic rings. The average Bonchev–Trinajstić information content (AvgIpc) is 2.71. The number of nitrogens with zero attached hydrogens (tertiary/aromatic N) is 1. The second-order valence-electron chi connectivity index (χ2n) is 9.21. The summed E-state index contributed by atoms with van der Waals surface area (Å²) >= 11 is 0. The molecule has 6 heteroatoms. The first kappa shape index (κ1) is 22.6. The van der Waals surface area contributed by atoms with Gasteiger partial charge in [0.2, 0.25) is 0 Å². The highest BCUT2D eigenvalue weighted by Gasteiger charge is 2.45. The molecule has 1 aliphatic heterocycles. The van der Waals surface area contributed by atoms with Gasteiger partial charge in [0.1, 0.15) is 18.2 Å². The Kier molecular flexibility index (Phi) is 8.05. The van der Waals surface area contributed by atoms with Crippen molar-refractivity contribution in [1.29, 1.82) is 0 Å². The van der Waals surface area contributed by atoms with Gasteiger partial charge in [0.25, 0.3) is 0 Å². The summed E-state index contributed by atoms with van der Waals surface area (Å²) < 4.78 is 15.2. The second-order valence-corrected chi connectivity index (χ2v) is 9.21. The van der Waals surface area contributed by atoms with Gasteiger partial charge >= 0.3 is 0 Å². The Hall–Kier alpha value is -1.05. The monoisotopic (exact) mass is 405 g/mol. The number of hydrogen-bond donors (Lipinski definition) is 4. The van der Waals surface area contributed by atoms with Crippen molar-refractivity contribution in [3.63, 3.8) is 0 Å². The summed E-state index contributed by atoms with van der Waals surface area (Å²) in [7, 11) is 0. The van der Waals surface area contributed by atoms with E-state index in [4.69, 9.17) is 5.73 Å². The van der Waals surface area contributed by atoms with E-state index < -0.39 is 11.8 Å². The first-order chi connectivity index (χ1) is 13.9. The van der Waals surface area contributed by atoms with E-state index in [0.717, 1.165) is 32.1 Å². The van der Waals surface area contributed by atoms with E-state index in [9.17, 15) is 0 Å². The van der Waals surface area contributed by atoms with Gasteiger partial charge in [-0.25, -0.2) is 4.39 Å². The SMILES string of the molecule is CCC(CCc1ccccc1)NC1NC(N)N(C2CCCCC2)C(C(C)(C)F)N1. The third-order valence-corrected chi connectivity index (χ3v) is 6.45. The summed E-state index contributed by atoms with van der Waals surface area (Å²) in [5.74, 6) is 0. The molecule has 5 N–H and O–H groups in total. The van der Waals surface area contributed by atoms with Gasteiger partial charge in [-0.1, -0.05) is 56.5 Å². The molecule has 0 radical (unpaired) electrons. The zero-order valence-corrected chi connectivity index (χ0v) is 18.3. The largest absolute Gasteiger partial charge is 0.303 e. The van der Waals surface area contributed by atoms with Crippen molar-refractivity contribution >= 4 is 0 Å². The number of nitrogens with two attached hydrogens (primary N) is 1. The Bertz CT molecular complexity index is 599. The van der Waals surface area contributed by atoms with E-state index in [0.29, 0.717) is 12.1 Å². The van der Waals surface area contributed by atoms with Crippen LogP contribution in [0.25, 0.3) is 0 Å². The van der Waals surface area contributed by atoms with E-state index in [1.807, 2.05) is 6.07 Å². The lowest BCUT2D eigenvalue weighted by atomic mass is 9.92. The first-order valence-electron chi connectivity index (χ1n) is 11.4. The molecule has 3 rings (SSSR count). The maximum absolute atomic E-state index is 15.2. The topological polar surface area (TPSA) is 65.3 Å². The molecule has 1 saturated heterocycles. The van der Waals surface area contributed by atoms with Crippen LogP contribution in [0.3, 0.4) is 0 Å². The van der Waals surface area contributed by atoms with Gasteiger partial charge in [0.15, 0.2) is 0 Å². The van der Waals surface area contributed by atoms with Crippen molar-refractivity contribution in [1.82, 2.24) is 20.9 Å². The third kappa shape index (κ3) is 6.22. The summed E-state index contributed by atoms with van der Waals surface area (Å²) in [6, 6.07) is 11.2. The molecule has 0 spiro atoms. The minimum absolute atomic E-state index is 0.203. The summed E-state index contributed by atoms with van der Waals surface area (Å²) in [5.41, 5.74) is 6.50. The van der Waals surface area contributed by atoms with Gasteiger partial charge in [-0.15, -0.1) is 0 Å². The number of aryl methyl sites for hydroxylation is 1. The van der Waals surface area contributed by atoms with Crippen molar-refractivity contribution in [3.8, 4) is 0 Å². The Morgan fingerprint density at radius 1 is 1.17 bits per heavy atom. The van der Waals surface area contributed by atoms with Gasteiger partial charge in [-0.2, -0.15) is 0 Å². The first-order valence-corrected chi connectivity index (χ1v) is 11.4. The Morgan fingerprint density at radius 3 is 2.48 bits per heavy atom. The van der Waals surface area contributed by atoms with Gasteiger partial charge in [0, 0.05) is 12.1 Å². The fraction of sp³-hybridized carbons (Fsp3) is 0.739. The van der Waals surface area contributed by atoms with Crippen LogP contribution in [0, 0.1) is 0 Å². The lowest BCUT2D eigenvalue weighted by Gasteiger charge is -2.52. The molecule has 1 heterocycles. The zero-order valence-electron chi connectivity index (χ0n) is 18.3. The molecule has 4 atom stereocenters. The van der Waals surface area contributed by atoms with Crippen LogP contribution in [0.1, 0.15) is 71.3 Å². The summed E-state index contributed by atoms with van der Waals surface area (Å²) in [6.07, 6.45) is 7.96. The molecule has 1 aromatic carbocycles. The van der Waals surface area contributed by atoms with Crippen LogP contribution in [0.15, 0.2) is 30.3 Å². The molecule has 1 aliphatic carbocycles. The molecular formula is C23H40FN5. The van der Waals surface area contributed by atoms with Crippen LogP contribution in [0.5, 0.6) is 0 Å². The molecule has 0 amide bonds. The average molecular weight is 406 g/mol. The van der Waals surface area contributed by atoms with Crippen molar-refractivity contribution in [3.05, 3.63) is 35.9 Å². The van der Waals surface area contributed by atoms with Crippen LogP contribution in [0.4, 0.5) is 4.39 Å². The number of nitrogens with one attached hydrogen (secondary N) is 3. The molecular weight excluding hydrogens is 365 g/mol. The highest BCUT2D eigenvalue weighted by atomic mass is 19.1. The van der Waals surface area contributed by atoms with E-state index in [2.05, 4.69) is 52.0 Å². The standard InChI is InChI=1S/C23H40FN5/c1-4-18(16-15-17-11-7-5-8-12-17)26-22-27-20(23(2,3)24)29(21(25)28-22)19-13-9-6-10-14-19/h5,7-8,11-12,18-22,26-28H,4,6,9-10,13-16,25H2,1-3H3. The predicted octanol–water partition coefficient (Wildman–Crippen LogP) is 3.42. The van der Waals surface area contributed by atoms with Crippen molar-refractivity contribution in [2.75, 3.05) is 0 Å². The van der Waals surface area contributed by atoms with Crippen LogP contribution in [0.2, 0.25) is 0 Å². The Labute approximate surface area is 176 Å². The fourth-order valence-corrected chi connectivity index (χ4v) is 4.80. The van der Waals surface area contributed by atoms with Crippen molar-refractivity contribution in [2.45, 2.75) is 109 Å². The van der Waals surface area contributed by atoms with Crippen LogP contribution in [-0.2, 0) is 6.42 Å². The van der Waals surface area contributed by atoms with E-state index in [-0.39, 0.29) is 12.6 Å². The summed E-state index contributed by atoms with van der Waals surface area (Å²) in [6.45, 7) is 5.50. The Balaban J connectivity index is 1.62.